The maximum absolute atomic E-state index is 12.7. The van der Waals surface area contributed by atoms with Gasteiger partial charge in [-0.25, -0.2) is 0 Å². The molecule has 1 fully saturated rings. The summed E-state index contributed by atoms with van der Waals surface area (Å²) in [7, 11) is 2.06. The molecule has 0 aromatic rings. The van der Waals surface area contributed by atoms with Crippen molar-refractivity contribution in [3.8, 4) is 0 Å². The van der Waals surface area contributed by atoms with Crippen LogP contribution in [-0.4, -0.2) is 59.0 Å². The van der Waals surface area contributed by atoms with E-state index in [0.717, 1.165) is 6.54 Å². The standard InChI is InChI=1S/C15H24N2O3/c1-15(2)10-17(9-8-16(15)3)13(18)11-6-4-5-7-12(11)14(19)20/h4-5,11-12H,6-10H2,1-3H3,(H,19,20)/t11-,12+/m1/s1. The van der Waals surface area contributed by atoms with E-state index in [2.05, 4.69) is 25.8 Å². The van der Waals surface area contributed by atoms with Crippen LogP contribution in [0.15, 0.2) is 12.2 Å². The summed E-state index contributed by atoms with van der Waals surface area (Å²) in [6.07, 6.45) is 4.81. The number of carbonyl (C=O) groups excluding carboxylic acids is 1. The molecule has 1 N–H and O–H groups in total. The third kappa shape index (κ3) is 2.87. The highest BCUT2D eigenvalue weighted by molar-refractivity contribution is 5.85. The molecule has 1 aliphatic carbocycles. The lowest BCUT2D eigenvalue weighted by molar-refractivity contribution is -0.152. The van der Waals surface area contributed by atoms with Crippen LogP contribution in [0.3, 0.4) is 0 Å². The second-order valence-electron chi connectivity index (χ2n) is 6.49. The minimum absolute atomic E-state index is 0.00271. The fraction of sp³-hybridized carbons (Fsp3) is 0.733. The first kappa shape index (κ1) is 15.0. The van der Waals surface area contributed by atoms with Crippen molar-refractivity contribution >= 4 is 11.9 Å². The van der Waals surface area contributed by atoms with Crippen molar-refractivity contribution in [3.63, 3.8) is 0 Å². The van der Waals surface area contributed by atoms with E-state index < -0.39 is 17.8 Å². The zero-order valence-corrected chi connectivity index (χ0v) is 12.5. The molecule has 1 heterocycles. The average Bonchev–Trinajstić information content (AvgIpc) is 2.41. The lowest BCUT2D eigenvalue weighted by Gasteiger charge is -2.46. The van der Waals surface area contributed by atoms with Crippen LogP contribution in [-0.2, 0) is 9.59 Å². The Morgan fingerprint density at radius 2 is 1.75 bits per heavy atom. The second kappa shape index (κ2) is 5.56. The number of nitrogens with zero attached hydrogens (tertiary/aromatic N) is 2. The smallest absolute Gasteiger partial charge is 0.307 e. The zero-order chi connectivity index (χ0) is 14.9. The number of likely N-dealkylation sites (N-methyl/N-ethyl adjacent to an activating group) is 1. The number of aliphatic carboxylic acids is 1. The Kier molecular flexibility index (Phi) is 4.18. The summed E-state index contributed by atoms with van der Waals surface area (Å²) < 4.78 is 0. The number of rotatable bonds is 2. The number of hydrogen-bond donors (Lipinski definition) is 1. The van der Waals surface area contributed by atoms with Crippen LogP contribution in [0.1, 0.15) is 26.7 Å². The first-order chi connectivity index (χ1) is 9.33. The van der Waals surface area contributed by atoms with E-state index in [0.29, 0.717) is 25.9 Å². The Morgan fingerprint density at radius 3 is 2.30 bits per heavy atom. The minimum atomic E-state index is -0.860. The fourth-order valence-electron chi connectivity index (χ4n) is 3.02. The molecule has 0 bridgehead atoms. The summed E-state index contributed by atoms with van der Waals surface area (Å²) >= 11 is 0. The highest BCUT2D eigenvalue weighted by atomic mass is 16.4. The Morgan fingerprint density at radius 1 is 1.15 bits per heavy atom. The van der Waals surface area contributed by atoms with E-state index >= 15 is 0 Å². The van der Waals surface area contributed by atoms with E-state index in [1.165, 1.54) is 0 Å². The van der Waals surface area contributed by atoms with Crippen LogP contribution in [0.2, 0.25) is 0 Å². The van der Waals surface area contributed by atoms with Crippen LogP contribution in [0.5, 0.6) is 0 Å². The summed E-state index contributed by atoms with van der Waals surface area (Å²) in [4.78, 5) is 28.1. The van der Waals surface area contributed by atoms with Crippen LogP contribution in [0, 0.1) is 11.8 Å². The van der Waals surface area contributed by atoms with Crippen LogP contribution >= 0.6 is 0 Å². The first-order valence-electron chi connectivity index (χ1n) is 7.21. The molecule has 5 heteroatoms. The maximum Gasteiger partial charge on any atom is 0.307 e. The number of carboxylic acids is 1. The SMILES string of the molecule is CN1CCN(C(=O)[C@@H]2CC=CC[C@@H]2C(=O)O)CC1(C)C. The predicted octanol–water partition coefficient (Wildman–Crippen LogP) is 1.21. The Balaban J connectivity index is 2.10. The Bertz CT molecular complexity index is 431. The number of amides is 1. The Hall–Kier alpha value is -1.36. The Labute approximate surface area is 120 Å². The number of allylic oxidation sites excluding steroid dienone is 2. The van der Waals surface area contributed by atoms with Crippen molar-refractivity contribution in [2.45, 2.75) is 32.2 Å². The molecule has 2 aliphatic rings. The molecule has 2 atom stereocenters. The lowest BCUT2D eigenvalue weighted by atomic mass is 9.81. The van der Waals surface area contributed by atoms with E-state index in [9.17, 15) is 14.7 Å². The third-order valence-electron chi connectivity index (χ3n) is 4.69. The summed E-state index contributed by atoms with van der Waals surface area (Å²) in [5, 5.41) is 9.29. The lowest BCUT2D eigenvalue weighted by Crippen LogP contribution is -2.60. The van der Waals surface area contributed by atoms with Crippen LogP contribution < -0.4 is 0 Å². The highest BCUT2D eigenvalue weighted by Gasteiger charge is 2.40. The van der Waals surface area contributed by atoms with Gasteiger partial charge in [0.05, 0.1) is 11.8 Å². The van der Waals surface area contributed by atoms with Gasteiger partial charge in [-0.2, -0.15) is 0 Å². The van der Waals surface area contributed by atoms with E-state index in [1.807, 2.05) is 17.1 Å². The van der Waals surface area contributed by atoms with Gasteiger partial charge in [0.15, 0.2) is 0 Å². The van der Waals surface area contributed by atoms with Gasteiger partial charge < -0.3 is 10.0 Å². The predicted molar refractivity (Wildman–Crippen MR) is 76.3 cm³/mol. The fourth-order valence-corrected chi connectivity index (χ4v) is 3.02. The molecule has 0 radical (unpaired) electrons. The summed E-state index contributed by atoms with van der Waals surface area (Å²) in [6.45, 7) is 6.41. The molecular weight excluding hydrogens is 256 g/mol. The largest absolute Gasteiger partial charge is 0.481 e. The number of piperazine rings is 1. The van der Waals surface area contributed by atoms with E-state index in [-0.39, 0.29) is 11.4 Å². The van der Waals surface area contributed by atoms with Gasteiger partial charge >= 0.3 is 5.97 Å². The molecule has 1 saturated heterocycles. The number of carboxylic acid groups (broad SMARTS) is 1. The zero-order valence-electron chi connectivity index (χ0n) is 12.5. The normalized spacial score (nSPS) is 30.2. The second-order valence-corrected chi connectivity index (χ2v) is 6.49. The molecule has 112 valence electrons. The van der Waals surface area contributed by atoms with Crippen molar-refractivity contribution in [3.05, 3.63) is 12.2 Å². The van der Waals surface area contributed by atoms with Gasteiger partial charge in [0.25, 0.3) is 0 Å². The first-order valence-corrected chi connectivity index (χ1v) is 7.21. The van der Waals surface area contributed by atoms with Crippen molar-refractivity contribution in [1.29, 1.82) is 0 Å². The molecule has 0 saturated carbocycles. The van der Waals surface area contributed by atoms with Crippen LogP contribution in [0.4, 0.5) is 0 Å². The molecule has 0 spiro atoms. The van der Waals surface area contributed by atoms with Gasteiger partial charge in [-0.1, -0.05) is 12.2 Å². The molecular formula is C15H24N2O3. The van der Waals surface area contributed by atoms with Gasteiger partial charge in [-0.15, -0.1) is 0 Å². The van der Waals surface area contributed by atoms with Gasteiger partial charge in [-0.05, 0) is 33.7 Å². The minimum Gasteiger partial charge on any atom is -0.481 e. The van der Waals surface area contributed by atoms with Crippen molar-refractivity contribution < 1.29 is 14.7 Å². The summed E-state index contributed by atoms with van der Waals surface area (Å²) in [5.74, 6) is -1.84. The summed E-state index contributed by atoms with van der Waals surface area (Å²) in [6, 6.07) is 0. The molecule has 1 aliphatic heterocycles. The van der Waals surface area contributed by atoms with Gasteiger partial charge in [0, 0.05) is 25.2 Å². The molecule has 20 heavy (non-hydrogen) atoms. The van der Waals surface area contributed by atoms with Gasteiger partial charge in [0.1, 0.15) is 0 Å². The topological polar surface area (TPSA) is 60.9 Å². The van der Waals surface area contributed by atoms with Crippen molar-refractivity contribution in [1.82, 2.24) is 9.80 Å². The van der Waals surface area contributed by atoms with Gasteiger partial charge in [0.2, 0.25) is 5.91 Å². The molecule has 0 aromatic heterocycles. The average molecular weight is 280 g/mol. The highest BCUT2D eigenvalue weighted by Crippen LogP contribution is 2.29. The van der Waals surface area contributed by atoms with Crippen LogP contribution in [0.25, 0.3) is 0 Å². The van der Waals surface area contributed by atoms with E-state index in [1.54, 1.807) is 0 Å². The molecule has 0 aromatic carbocycles. The quantitative estimate of drug-likeness (QED) is 0.772. The summed E-state index contributed by atoms with van der Waals surface area (Å²) in [5.41, 5.74) is -0.0584. The van der Waals surface area contributed by atoms with Gasteiger partial charge in [-0.3, -0.25) is 14.5 Å². The molecule has 5 nitrogen and oxygen atoms in total. The number of carbonyl (C=O) groups is 2. The molecule has 1 amide bonds. The third-order valence-corrected chi connectivity index (χ3v) is 4.69. The monoisotopic (exact) mass is 280 g/mol. The number of hydrogen-bond acceptors (Lipinski definition) is 3. The van der Waals surface area contributed by atoms with Crippen molar-refractivity contribution in [2.24, 2.45) is 11.8 Å². The molecule has 2 rings (SSSR count). The maximum atomic E-state index is 12.7. The molecule has 0 unspecified atom stereocenters. The van der Waals surface area contributed by atoms with E-state index in [4.69, 9.17) is 0 Å². The van der Waals surface area contributed by atoms with Crippen molar-refractivity contribution in [2.75, 3.05) is 26.7 Å².